The van der Waals surface area contributed by atoms with Gasteiger partial charge in [-0.05, 0) is 12.8 Å². The predicted molar refractivity (Wildman–Crippen MR) is 74.6 cm³/mol. The van der Waals surface area contributed by atoms with Gasteiger partial charge in [0.2, 0.25) is 5.91 Å². The molecular formula is C12H16ClN5O2. The van der Waals surface area contributed by atoms with E-state index in [1.807, 2.05) is 4.90 Å². The van der Waals surface area contributed by atoms with E-state index >= 15 is 0 Å². The maximum Gasteiger partial charge on any atom is 0.245 e. The smallest absolute Gasteiger partial charge is 0.245 e. The van der Waals surface area contributed by atoms with Crippen molar-refractivity contribution >= 4 is 29.1 Å². The second kappa shape index (κ2) is 5.41. The third kappa shape index (κ3) is 2.64. The third-order valence-corrected chi connectivity index (χ3v) is 3.79. The Bertz CT molecular complexity index is 523. The summed E-state index contributed by atoms with van der Waals surface area (Å²) in [6.07, 6.45) is 3.43. The molecule has 7 nitrogen and oxygen atoms in total. The van der Waals surface area contributed by atoms with Crippen LogP contribution in [0.2, 0.25) is 5.02 Å². The lowest BCUT2D eigenvalue weighted by Gasteiger charge is -2.35. The van der Waals surface area contributed by atoms with Crippen LogP contribution in [0.15, 0.2) is 6.33 Å². The molecule has 3 rings (SSSR count). The summed E-state index contributed by atoms with van der Waals surface area (Å²) >= 11 is 6.15. The molecule has 1 aliphatic heterocycles. The fourth-order valence-electron chi connectivity index (χ4n) is 2.17. The summed E-state index contributed by atoms with van der Waals surface area (Å²) in [5, 5.41) is 3.26. The molecule has 1 aliphatic carbocycles. The molecule has 108 valence electrons. The summed E-state index contributed by atoms with van der Waals surface area (Å²) in [6, 6.07) is -0.131. The molecule has 1 aromatic rings. The molecule has 1 amide bonds. The van der Waals surface area contributed by atoms with Gasteiger partial charge in [-0.25, -0.2) is 9.97 Å². The molecule has 0 spiro atoms. The first kappa shape index (κ1) is 13.4. The zero-order valence-corrected chi connectivity index (χ0v) is 11.6. The molecule has 1 saturated carbocycles. The quantitative estimate of drug-likeness (QED) is 0.827. The van der Waals surface area contributed by atoms with Crippen molar-refractivity contribution in [3.8, 4) is 0 Å². The first-order valence-electron chi connectivity index (χ1n) is 6.57. The van der Waals surface area contributed by atoms with Crippen molar-refractivity contribution in [2.45, 2.75) is 24.9 Å². The maximum atomic E-state index is 12.3. The zero-order valence-electron chi connectivity index (χ0n) is 10.9. The van der Waals surface area contributed by atoms with Crippen LogP contribution in [0.3, 0.4) is 0 Å². The molecule has 1 unspecified atom stereocenters. The summed E-state index contributed by atoms with van der Waals surface area (Å²) in [6.45, 7) is 1.38. The number of halogens is 1. The highest BCUT2D eigenvalue weighted by Gasteiger charge is 2.34. The molecule has 3 N–H and O–H groups in total. The second-order valence-electron chi connectivity index (χ2n) is 4.96. The topological polar surface area (TPSA) is 93.4 Å². The van der Waals surface area contributed by atoms with E-state index in [0.717, 1.165) is 12.8 Å². The number of hydrogen-bond donors (Lipinski definition) is 2. The number of anilines is 2. The normalized spacial score (nSPS) is 22.6. The van der Waals surface area contributed by atoms with E-state index in [1.54, 1.807) is 0 Å². The number of rotatable bonds is 3. The van der Waals surface area contributed by atoms with Crippen molar-refractivity contribution in [3.05, 3.63) is 11.3 Å². The SMILES string of the molecule is Nc1ncnc(N2CCOCC2C(=O)NC2CC2)c1Cl. The van der Waals surface area contributed by atoms with Crippen molar-refractivity contribution in [2.75, 3.05) is 30.4 Å². The Morgan fingerprint density at radius 2 is 2.30 bits per heavy atom. The van der Waals surface area contributed by atoms with Crippen LogP contribution < -0.4 is 16.0 Å². The molecule has 0 aromatic carbocycles. The van der Waals surface area contributed by atoms with Gasteiger partial charge >= 0.3 is 0 Å². The number of carbonyl (C=O) groups excluding carboxylic acids is 1. The van der Waals surface area contributed by atoms with Crippen molar-refractivity contribution in [3.63, 3.8) is 0 Å². The van der Waals surface area contributed by atoms with Crippen LogP contribution >= 0.6 is 11.6 Å². The van der Waals surface area contributed by atoms with Gasteiger partial charge in [-0.2, -0.15) is 0 Å². The molecule has 2 fully saturated rings. The van der Waals surface area contributed by atoms with Crippen molar-refractivity contribution < 1.29 is 9.53 Å². The summed E-state index contributed by atoms with van der Waals surface area (Å²) in [4.78, 5) is 22.1. The molecule has 2 heterocycles. The van der Waals surface area contributed by atoms with Crippen LogP contribution in [0.5, 0.6) is 0 Å². The Morgan fingerprint density at radius 1 is 1.50 bits per heavy atom. The molecule has 2 aliphatic rings. The Morgan fingerprint density at radius 3 is 3.05 bits per heavy atom. The lowest BCUT2D eigenvalue weighted by Crippen LogP contribution is -2.54. The van der Waals surface area contributed by atoms with Gasteiger partial charge in [-0.3, -0.25) is 4.79 Å². The lowest BCUT2D eigenvalue weighted by molar-refractivity contribution is -0.124. The van der Waals surface area contributed by atoms with Crippen LogP contribution in [0.4, 0.5) is 11.6 Å². The monoisotopic (exact) mass is 297 g/mol. The van der Waals surface area contributed by atoms with E-state index in [-0.39, 0.29) is 16.7 Å². The van der Waals surface area contributed by atoms with Gasteiger partial charge in [0.15, 0.2) is 5.82 Å². The number of hydrogen-bond acceptors (Lipinski definition) is 6. The third-order valence-electron chi connectivity index (χ3n) is 3.42. The highest BCUT2D eigenvalue weighted by molar-refractivity contribution is 6.35. The Kier molecular flexibility index (Phi) is 3.62. The van der Waals surface area contributed by atoms with Crippen molar-refractivity contribution in [1.82, 2.24) is 15.3 Å². The largest absolute Gasteiger partial charge is 0.382 e. The first-order valence-corrected chi connectivity index (χ1v) is 6.95. The molecule has 1 aromatic heterocycles. The van der Waals surface area contributed by atoms with E-state index in [9.17, 15) is 4.79 Å². The fraction of sp³-hybridized carbons (Fsp3) is 0.583. The van der Waals surface area contributed by atoms with Gasteiger partial charge in [0.1, 0.15) is 23.2 Å². The standard InChI is InChI=1S/C12H16ClN5O2/c13-9-10(14)15-6-16-11(9)18-3-4-20-5-8(18)12(19)17-7-1-2-7/h6-8H,1-5H2,(H,17,19)(H2,14,15,16). The Hall–Kier alpha value is -1.60. The molecule has 8 heteroatoms. The van der Waals surface area contributed by atoms with E-state index in [0.29, 0.717) is 31.6 Å². The predicted octanol–water partition coefficient (Wildman–Crippen LogP) is 0.196. The summed E-state index contributed by atoms with van der Waals surface area (Å²) in [5.41, 5.74) is 5.70. The van der Waals surface area contributed by atoms with Crippen LogP contribution in [0, 0.1) is 0 Å². The zero-order chi connectivity index (χ0) is 14.1. The van der Waals surface area contributed by atoms with Gasteiger partial charge in [0.05, 0.1) is 13.2 Å². The van der Waals surface area contributed by atoms with Gasteiger partial charge < -0.3 is 20.7 Å². The molecular weight excluding hydrogens is 282 g/mol. The van der Waals surface area contributed by atoms with E-state index < -0.39 is 6.04 Å². The highest BCUT2D eigenvalue weighted by atomic mass is 35.5. The number of carbonyl (C=O) groups is 1. The van der Waals surface area contributed by atoms with Crippen LogP contribution in [0.1, 0.15) is 12.8 Å². The first-order chi connectivity index (χ1) is 9.66. The summed E-state index contributed by atoms with van der Waals surface area (Å²) in [5.74, 6) is 0.642. The molecule has 0 radical (unpaired) electrons. The summed E-state index contributed by atoms with van der Waals surface area (Å²) < 4.78 is 5.41. The van der Waals surface area contributed by atoms with Crippen molar-refractivity contribution in [1.29, 1.82) is 0 Å². The summed E-state index contributed by atoms with van der Waals surface area (Å²) in [7, 11) is 0. The van der Waals surface area contributed by atoms with Gasteiger partial charge in [-0.15, -0.1) is 0 Å². The number of aromatic nitrogens is 2. The van der Waals surface area contributed by atoms with E-state index in [4.69, 9.17) is 22.1 Å². The molecule has 1 atom stereocenters. The molecule has 20 heavy (non-hydrogen) atoms. The minimum Gasteiger partial charge on any atom is -0.382 e. The Labute approximate surface area is 121 Å². The van der Waals surface area contributed by atoms with Crippen LogP contribution in [0.25, 0.3) is 0 Å². The van der Waals surface area contributed by atoms with E-state index in [1.165, 1.54) is 6.33 Å². The highest BCUT2D eigenvalue weighted by Crippen LogP contribution is 2.29. The number of nitrogen functional groups attached to an aromatic ring is 1. The maximum absolute atomic E-state index is 12.3. The molecule has 1 saturated heterocycles. The van der Waals surface area contributed by atoms with Gasteiger partial charge in [0, 0.05) is 12.6 Å². The minimum atomic E-state index is -0.434. The fourth-order valence-corrected chi connectivity index (χ4v) is 2.38. The lowest BCUT2D eigenvalue weighted by atomic mass is 10.2. The number of nitrogens with one attached hydrogen (secondary N) is 1. The van der Waals surface area contributed by atoms with Crippen molar-refractivity contribution in [2.24, 2.45) is 0 Å². The van der Waals surface area contributed by atoms with Crippen LogP contribution in [-0.4, -0.2) is 47.7 Å². The minimum absolute atomic E-state index is 0.0551. The average Bonchev–Trinajstić information content (AvgIpc) is 3.26. The van der Waals surface area contributed by atoms with E-state index in [2.05, 4.69) is 15.3 Å². The Balaban J connectivity index is 1.84. The average molecular weight is 298 g/mol. The van der Waals surface area contributed by atoms with Crippen LogP contribution in [-0.2, 0) is 9.53 Å². The number of nitrogens with zero attached hydrogens (tertiary/aromatic N) is 3. The van der Waals surface area contributed by atoms with Gasteiger partial charge in [-0.1, -0.05) is 11.6 Å². The number of amides is 1. The molecule has 0 bridgehead atoms. The second-order valence-corrected chi connectivity index (χ2v) is 5.34. The number of morpholine rings is 1. The van der Waals surface area contributed by atoms with Gasteiger partial charge in [0.25, 0.3) is 0 Å². The number of ether oxygens (including phenoxy) is 1. The number of nitrogens with two attached hydrogens (primary N) is 1.